The standard InChI is InChI=1S/C11H5Cl3F3N3/c12-6-2-1-5(11(15,16)17)3-8(6)19-9-7(13)4-18-10(14)20-9/h1-4H,(H,18,19,20). The number of nitrogens with zero attached hydrogens (tertiary/aromatic N) is 2. The summed E-state index contributed by atoms with van der Waals surface area (Å²) in [4.78, 5) is 7.40. The molecule has 0 radical (unpaired) electrons. The van der Waals surface area contributed by atoms with Crippen molar-refractivity contribution in [3.05, 3.63) is 45.3 Å². The van der Waals surface area contributed by atoms with Gasteiger partial charge in [-0.25, -0.2) is 4.98 Å². The van der Waals surface area contributed by atoms with E-state index in [2.05, 4.69) is 15.3 Å². The molecule has 0 aliphatic rings. The van der Waals surface area contributed by atoms with Crippen LogP contribution in [0, 0.1) is 0 Å². The van der Waals surface area contributed by atoms with Gasteiger partial charge in [0.1, 0.15) is 5.02 Å². The van der Waals surface area contributed by atoms with Crippen LogP contribution >= 0.6 is 34.8 Å². The third-order valence-corrected chi connectivity index (χ3v) is 3.05. The van der Waals surface area contributed by atoms with E-state index in [1.807, 2.05) is 0 Å². The van der Waals surface area contributed by atoms with Gasteiger partial charge in [-0.1, -0.05) is 23.2 Å². The number of hydrogen-bond donors (Lipinski definition) is 1. The molecule has 0 bridgehead atoms. The summed E-state index contributed by atoms with van der Waals surface area (Å²) in [5, 5.41) is 2.68. The van der Waals surface area contributed by atoms with Gasteiger partial charge in [-0.05, 0) is 29.8 Å². The molecule has 0 atom stereocenters. The SMILES string of the molecule is FC(F)(F)c1ccc(Cl)c(Nc2nc(Cl)ncc2Cl)c1. The van der Waals surface area contributed by atoms with Crippen LogP contribution in [0.3, 0.4) is 0 Å². The molecular weight excluding hydrogens is 337 g/mol. The van der Waals surface area contributed by atoms with Crippen LogP contribution in [0.5, 0.6) is 0 Å². The number of rotatable bonds is 2. The molecule has 0 saturated heterocycles. The van der Waals surface area contributed by atoms with Crippen molar-refractivity contribution < 1.29 is 13.2 Å². The van der Waals surface area contributed by atoms with Gasteiger partial charge in [0.25, 0.3) is 0 Å². The summed E-state index contributed by atoms with van der Waals surface area (Å²) in [7, 11) is 0. The lowest BCUT2D eigenvalue weighted by molar-refractivity contribution is -0.137. The molecule has 2 aromatic rings. The molecule has 0 spiro atoms. The largest absolute Gasteiger partial charge is 0.416 e. The van der Waals surface area contributed by atoms with Crippen LogP contribution in [0.25, 0.3) is 0 Å². The summed E-state index contributed by atoms with van der Waals surface area (Å²) in [5.74, 6) is 0.0629. The highest BCUT2D eigenvalue weighted by Gasteiger charge is 2.31. The number of benzene rings is 1. The molecule has 1 aromatic heterocycles. The molecule has 1 heterocycles. The normalized spacial score (nSPS) is 11.5. The molecule has 1 aromatic carbocycles. The van der Waals surface area contributed by atoms with Crippen LogP contribution in [0.2, 0.25) is 15.3 Å². The summed E-state index contributed by atoms with van der Waals surface area (Å²) in [6.45, 7) is 0. The Labute approximate surface area is 126 Å². The van der Waals surface area contributed by atoms with Crippen molar-refractivity contribution in [3.63, 3.8) is 0 Å². The third kappa shape index (κ3) is 3.45. The number of anilines is 2. The first kappa shape index (κ1) is 15.2. The van der Waals surface area contributed by atoms with Crippen molar-refractivity contribution in [2.45, 2.75) is 6.18 Å². The molecule has 0 aliphatic heterocycles. The maximum atomic E-state index is 12.6. The first-order valence-electron chi connectivity index (χ1n) is 5.09. The fourth-order valence-corrected chi connectivity index (χ4v) is 1.79. The van der Waals surface area contributed by atoms with E-state index in [9.17, 15) is 13.2 Å². The van der Waals surface area contributed by atoms with Crippen LogP contribution < -0.4 is 5.32 Å². The van der Waals surface area contributed by atoms with Gasteiger partial charge in [0.2, 0.25) is 5.28 Å². The zero-order valence-electron chi connectivity index (χ0n) is 9.47. The first-order chi connectivity index (χ1) is 9.27. The number of halogens is 6. The van der Waals surface area contributed by atoms with Gasteiger partial charge in [0, 0.05) is 0 Å². The Morgan fingerprint density at radius 2 is 1.75 bits per heavy atom. The molecule has 106 valence electrons. The average Bonchev–Trinajstić information content (AvgIpc) is 2.35. The summed E-state index contributed by atoms with van der Waals surface area (Å²) in [6.07, 6.45) is -3.26. The quantitative estimate of drug-likeness (QED) is 0.762. The number of nitrogens with one attached hydrogen (secondary N) is 1. The van der Waals surface area contributed by atoms with Gasteiger partial charge in [0.05, 0.1) is 22.5 Å². The Hall–Kier alpha value is -1.24. The van der Waals surface area contributed by atoms with Gasteiger partial charge < -0.3 is 5.32 Å². The van der Waals surface area contributed by atoms with Gasteiger partial charge in [-0.15, -0.1) is 0 Å². The van der Waals surface area contributed by atoms with E-state index < -0.39 is 11.7 Å². The molecule has 0 unspecified atom stereocenters. The minimum Gasteiger partial charge on any atom is -0.338 e. The van der Waals surface area contributed by atoms with Crippen LogP contribution in [0.15, 0.2) is 24.4 Å². The van der Waals surface area contributed by atoms with E-state index in [-0.39, 0.29) is 26.8 Å². The van der Waals surface area contributed by atoms with Crippen molar-refractivity contribution in [1.29, 1.82) is 0 Å². The highest BCUT2D eigenvalue weighted by molar-refractivity contribution is 6.35. The van der Waals surface area contributed by atoms with Gasteiger partial charge >= 0.3 is 6.18 Å². The van der Waals surface area contributed by atoms with Crippen molar-refractivity contribution in [2.75, 3.05) is 5.32 Å². The van der Waals surface area contributed by atoms with Gasteiger partial charge in [-0.2, -0.15) is 18.2 Å². The van der Waals surface area contributed by atoms with E-state index in [1.165, 1.54) is 6.20 Å². The van der Waals surface area contributed by atoms with Gasteiger partial charge in [0.15, 0.2) is 5.82 Å². The fourth-order valence-electron chi connectivity index (χ4n) is 1.36. The average molecular weight is 343 g/mol. The Morgan fingerprint density at radius 3 is 2.40 bits per heavy atom. The van der Waals surface area contributed by atoms with Crippen molar-refractivity contribution in [3.8, 4) is 0 Å². The molecule has 0 fully saturated rings. The number of alkyl halides is 3. The molecule has 0 saturated carbocycles. The maximum absolute atomic E-state index is 12.6. The van der Waals surface area contributed by atoms with E-state index in [4.69, 9.17) is 34.8 Å². The minimum absolute atomic E-state index is 0.0122. The lowest BCUT2D eigenvalue weighted by atomic mass is 10.2. The predicted molar refractivity (Wildman–Crippen MR) is 71.8 cm³/mol. The molecule has 9 heteroatoms. The third-order valence-electron chi connectivity index (χ3n) is 2.26. The Morgan fingerprint density at radius 1 is 1.05 bits per heavy atom. The van der Waals surface area contributed by atoms with Crippen LogP contribution in [0.1, 0.15) is 5.56 Å². The monoisotopic (exact) mass is 341 g/mol. The Balaban J connectivity index is 2.40. The van der Waals surface area contributed by atoms with E-state index >= 15 is 0 Å². The molecule has 1 N–H and O–H groups in total. The molecule has 0 amide bonds. The second-order valence-corrected chi connectivity index (χ2v) is 4.81. The number of hydrogen-bond acceptors (Lipinski definition) is 3. The zero-order valence-corrected chi connectivity index (χ0v) is 11.7. The summed E-state index contributed by atoms with van der Waals surface area (Å²) in [5.41, 5.74) is -0.834. The van der Waals surface area contributed by atoms with E-state index in [1.54, 1.807) is 0 Å². The summed E-state index contributed by atoms with van der Waals surface area (Å²) in [6, 6.07) is 2.86. The van der Waals surface area contributed by atoms with Crippen LogP contribution in [-0.2, 0) is 6.18 Å². The molecule has 20 heavy (non-hydrogen) atoms. The van der Waals surface area contributed by atoms with E-state index in [0.717, 1.165) is 18.2 Å². The Bertz CT molecular complexity index is 647. The highest BCUT2D eigenvalue weighted by Crippen LogP contribution is 2.35. The second-order valence-electron chi connectivity index (χ2n) is 3.65. The molecular formula is C11H5Cl3F3N3. The maximum Gasteiger partial charge on any atom is 0.416 e. The van der Waals surface area contributed by atoms with Crippen molar-refractivity contribution in [1.82, 2.24) is 9.97 Å². The molecule has 0 aliphatic carbocycles. The van der Waals surface area contributed by atoms with E-state index in [0.29, 0.717) is 0 Å². The van der Waals surface area contributed by atoms with Gasteiger partial charge in [-0.3, -0.25) is 0 Å². The first-order valence-corrected chi connectivity index (χ1v) is 6.22. The molecule has 3 nitrogen and oxygen atoms in total. The molecule has 2 rings (SSSR count). The Kier molecular flexibility index (Phi) is 4.27. The van der Waals surface area contributed by atoms with Crippen LogP contribution in [-0.4, -0.2) is 9.97 Å². The van der Waals surface area contributed by atoms with Crippen LogP contribution in [0.4, 0.5) is 24.7 Å². The number of aromatic nitrogens is 2. The highest BCUT2D eigenvalue weighted by atomic mass is 35.5. The lowest BCUT2D eigenvalue weighted by Crippen LogP contribution is -2.06. The smallest absolute Gasteiger partial charge is 0.338 e. The summed E-state index contributed by atoms with van der Waals surface area (Å²) >= 11 is 17.2. The van der Waals surface area contributed by atoms with Crippen molar-refractivity contribution >= 4 is 46.3 Å². The predicted octanol–water partition coefficient (Wildman–Crippen LogP) is 5.20. The minimum atomic E-state index is -4.48. The summed E-state index contributed by atoms with van der Waals surface area (Å²) < 4.78 is 37.9. The van der Waals surface area contributed by atoms with Crippen molar-refractivity contribution in [2.24, 2.45) is 0 Å². The fraction of sp³-hybridized carbons (Fsp3) is 0.0909. The zero-order chi connectivity index (χ0) is 14.9. The lowest BCUT2D eigenvalue weighted by Gasteiger charge is -2.12. The second kappa shape index (κ2) is 5.63. The topological polar surface area (TPSA) is 37.8 Å².